The van der Waals surface area contributed by atoms with Crippen molar-refractivity contribution in [2.24, 2.45) is 28.8 Å². The average Bonchev–Trinajstić information content (AvgIpc) is 3.31. The minimum Gasteiger partial charge on any atom is -0.489 e. The second-order valence-corrected chi connectivity index (χ2v) is 9.71. The number of hydrazone groups is 1. The van der Waals surface area contributed by atoms with Crippen molar-refractivity contribution in [1.29, 1.82) is 0 Å². The standard InChI is InChI=1S/C20H20I2N2O3/c1-3-10(2)27-18-14(21)6-11(7-15(18)22)9-23-24-19(25)16-12-4-5-13(8-12)17(16)20(24)26/h4-7,9-10,12-13,16-17H,3,8H2,1-2H3/t10-,12-,13-,16-,17+/m0/s1. The van der Waals surface area contributed by atoms with Crippen LogP contribution in [0.2, 0.25) is 0 Å². The van der Waals surface area contributed by atoms with Gasteiger partial charge in [-0.25, -0.2) is 0 Å². The van der Waals surface area contributed by atoms with Gasteiger partial charge in [-0.1, -0.05) is 19.1 Å². The Morgan fingerprint density at radius 3 is 2.26 bits per heavy atom. The van der Waals surface area contributed by atoms with Gasteiger partial charge >= 0.3 is 0 Å². The summed E-state index contributed by atoms with van der Waals surface area (Å²) in [6.07, 6.45) is 7.79. The van der Waals surface area contributed by atoms with E-state index in [0.717, 1.165) is 36.3 Å². The van der Waals surface area contributed by atoms with Crippen LogP contribution < -0.4 is 4.74 Å². The van der Waals surface area contributed by atoms with E-state index in [1.165, 1.54) is 0 Å². The maximum Gasteiger partial charge on any atom is 0.254 e. The van der Waals surface area contributed by atoms with Gasteiger partial charge in [-0.05, 0) is 94.5 Å². The van der Waals surface area contributed by atoms with Gasteiger partial charge in [-0.2, -0.15) is 10.1 Å². The number of imide groups is 1. The molecule has 0 spiro atoms. The van der Waals surface area contributed by atoms with Gasteiger partial charge in [0, 0.05) is 0 Å². The van der Waals surface area contributed by atoms with E-state index in [1.54, 1.807) is 6.21 Å². The summed E-state index contributed by atoms with van der Waals surface area (Å²) < 4.78 is 7.96. The first-order chi connectivity index (χ1) is 12.9. The van der Waals surface area contributed by atoms with Crippen LogP contribution in [0.3, 0.4) is 0 Å². The molecular formula is C20H20I2N2O3. The number of hydrogen-bond donors (Lipinski definition) is 0. The lowest BCUT2D eigenvalue weighted by molar-refractivity contribution is -0.140. The molecule has 1 aromatic rings. The van der Waals surface area contributed by atoms with Crippen molar-refractivity contribution in [3.8, 4) is 5.75 Å². The van der Waals surface area contributed by atoms with Crippen LogP contribution in [0.25, 0.3) is 0 Å². The first-order valence-corrected chi connectivity index (χ1v) is 11.3. The Bertz CT molecular complexity index is 814. The number of benzene rings is 1. The Labute approximate surface area is 185 Å². The van der Waals surface area contributed by atoms with E-state index in [1.807, 2.05) is 19.1 Å². The molecule has 1 saturated heterocycles. The smallest absolute Gasteiger partial charge is 0.254 e. The second-order valence-electron chi connectivity index (χ2n) is 7.38. The van der Waals surface area contributed by atoms with Crippen molar-refractivity contribution in [3.63, 3.8) is 0 Å². The highest BCUT2D eigenvalue weighted by Gasteiger charge is 2.59. The van der Waals surface area contributed by atoms with Gasteiger partial charge in [-0.3, -0.25) is 9.59 Å². The Morgan fingerprint density at radius 2 is 1.74 bits per heavy atom. The zero-order chi connectivity index (χ0) is 19.3. The van der Waals surface area contributed by atoms with Crippen molar-refractivity contribution in [2.75, 3.05) is 0 Å². The number of amides is 2. The van der Waals surface area contributed by atoms with E-state index >= 15 is 0 Å². The van der Waals surface area contributed by atoms with Gasteiger partial charge in [0.15, 0.2) is 0 Å². The SMILES string of the molecule is CC[C@H](C)Oc1c(I)cc(C=NN2C(=O)[C@@H]3[C@H](C2=O)[C@H]2C=C[C@H]3C2)cc1I. The molecule has 7 heteroatoms. The maximum atomic E-state index is 12.7. The van der Waals surface area contributed by atoms with E-state index in [0.29, 0.717) is 0 Å². The van der Waals surface area contributed by atoms with Gasteiger partial charge in [0.2, 0.25) is 0 Å². The average molecular weight is 590 g/mol. The molecule has 0 radical (unpaired) electrons. The number of rotatable bonds is 5. The highest BCUT2D eigenvalue weighted by Crippen LogP contribution is 2.52. The van der Waals surface area contributed by atoms with Crippen LogP contribution in [0.5, 0.6) is 5.75 Å². The van der Waals surface area contributed by atoms with E-state index in [9.17, 15) is 9.59 Å². The number of ether oxygens (including phenoxy) is 1. The predicted octanol–water partition coefficient (Wildman–Crippen LogP) is 4.21. The van der Waals surface area contributed by atoms with Crippen molar-refractivity contribution in [2.45, 2.75) is 32.8 Å². The van der Waals surface area contributed by atoms with Gasteiger partial charge in [0.25, 0.3) is 11.8 Å². The number of halogens is 2. The molecule has 1 aromatic carbocycles. The molecule has 0 aromatic heterocycles. The van der Waals surface area contributed by atoms with E-state index in [4.69, 9.17) is 4.74 Å². The summed E-state index contributed by atoms with van der Waals surface area (Å²) in [6, 6.07) is 3.92. The molecular weight excluding hydrogens is 570 g/mol. The first kappa shape index (κ1) is 19.4. The highest BCUT2D eigenvalue weighted by molar-refractivity contribution is 14.1. The van der Waals surface area contributed by atoms with Crippen LogP contribution in [-0.4, -0.2) is 29.1 Å². The van der Waals surface area contributed by atoms with Gasteiger partial charge < -0.3 is 4.74 Å². The Balaban J connectivity index is 1.54. The van der Waals surface area contributed by atoms with Crippen molar-refractivity contribution >= 4 is 63.2 Å². The molecule has 5 atom stereocenters. The minimum absolute atomic E-state index is 0.148. The zero-order valence-electron chi connectivity index (χ0n) is 15.1. The summed E-state index contributed by atoms with van der Waals surface area (Å²) in [5.74, 6) is 0.546. The number of allylic oxidation sites excluding steroid dienone is 2. The Morgan fingerprint density at radius 1 is 1.19 bits per heavy atom. The maximum absolute atomic E-state index is 12.7. The number of carbonyl (C=O) groups is 2. The molecule has 3 aliphatic rings. The molecule has 2 amide bonds. The summed E-state index contributed by atoms with van der Waals surface area (Å²) >= 11 is 4.49. The summed E-state index contributed by atoms with van der Waals surface area (Å²) in [6.45, 7) is 4.14. The fourth-order valence-electron chi connectivity index (χ4n) is 4.18. The minimum atomic E-state index is -0.212. The predicted molar refractivity (Wildman–Crippen MR) is 119 cm³/mol. The van der Waals surface area contributed by atoms with E-state index in [2.05, 4.69) is 69.4 Å². The molecule has 27 heavy (non-hydrogen) atoms. The molecule has 142 valence electrons. The topological polar surface area (TPSA) is 59.0 Å². The normalized spacial score (nSPS) is 29.9. The quantitative estimate of drug-likeness (QED) is 0.224. The van der Waals surface area contributed by atoms with Crippen LogP contribution in [0.15, 0.2) is 29.4 Å². The molecule has 1 heterocycles. The largest absolute Gasteiger partial charge is 0.489 e. The fourth-order valence-corrected chi connectivity index (χ4v) is 6.25. The Hall–Kier alpha value is -0.970. The molecule has 2 fully saturated rings. The lowest BCUT2D eigenvalue weighted by atomic mass is 9.85. The monoisotopic (exact) mass is 590 g/mol. The third-order valence-electron chi connectivity index (χ3n) is 5.68. The van der Waals surface area contributed by atoms with Crippen LogP contribution in [0.4, 0.5) is 0 Å². The van der Waals surface area contributed by atoms with Crippen LogP contribution in [0.1, 0.15) is 32.3 Å². The van der Waals surface area contributed by atoms with E-state index < -0.39 is 0 Å². The number of nitrogens with zero attached hydrogens (tertiary/aromatic N) is 2. The first-order valence-electron chi connectivity index (χ1n) is 9.16. The summed E-state index contributed by atoms with van der Waals surface area (Å²) in [5, 5.41) is 5.35. The molecule has 1 saturated carbocycles. The number of carbonyl (C=O) groups excluding carboxylic acids is 2. The highest BCUT2D eigenvalue weighted by atomic mass is 127. The van der Waals surface area contributed by atoms with Crippen molar-refractivity contribution in [1.82, 2.24) is 5.01 Å². The summed E-state index contributed by atoms with van der Waals surface area (Å²) in [7, 11) is 0. The molecule has 4 rings (SSSR count). The third-order valence-corrected chi connectivity index (χ3v) is 7.29. The lowest BCUT2D eigenvalue weighted by Crippen LogP contribution is -2.28. The number of hydrogen-bond acceptors (Lipinski definition) is 4. The fraction of sp³-hybridized carbons (Fsp3) is 0.450. The van der Waals surface area contributed by atoms with Crippen molar-refractivity contribution < 1.29 is 14.3 Å². The van der Waals surface area contributed by atoms with Crippen LogP contribution in [0, 0.1) is 30.8 Å². The summed E-state index contributed by atoms with van der Waals surface area (Å²) in [4.78, 5) is 25.4. The zero-order valence-corrected chi connectivity index (χ0v) is 19.4. The van der Waals surface area contributed by atoms with Gasteiger partial charge in [-0.15, -0.1) is 0 Å². The van der Waals surface area contributed by atoms with E-state index in [-0.39, 0.29) is 41.6 Å². The number of fused-ring (bicyclic) bond motifs is 5. The van der Waals surface area contributed by atoms with Gasteiger partial charge in [0.05, 0.1) is 31.3 Å². The van der Waals surface area contributed by atoms with Gasteiger partial charge in [0.1, 0.15) is 5.75 Å². The molecule has 1 aliphatic heterocycles. The molecule has 2 bridgehead atoms. The van der Waals surface area contributed by atoms with Crippen molar-refractivity contribution in [3.05, 3.63) is 37.0 Å². The van der Waals surface area contributed by atoms with Crippen LogP contribution >= 0.6 is 45.2 Å². The van der Waals surface area contributed by atoms with Crippen LogP contribution in [-0.2, 0) is 9.59 Å². The molecule has 0 N–H and O–H groups in total. The molecule has 2 aliphatic carbocycles. The second kappa shape index (κ2) is 7.46. The lowest BCUT2D eigenvalue weighted by Gasteiger charge is -2.16. The third kappa shape index (κ3) is 3.34. The molecule has 5 nitrogen and oxygen atoms in total. The molecule has 0 unspecified atom stereocenters. The summed E-state index contributed by atoms with van der Waals surface area (Å²) in [5.41, 5.74) is 0.846. The Kier molecular flexibility index (Phi) is 5.34.